The molecule has 2 N–H and O–H groups in total. The van der Waals surface area contributed by atoms with E-state index in [-0.39, 0.29) is 13.1 Å². The van der Waals surface area contributed by atoms with E-state index in [0.717, 1.165) is 4.31 Å². The summed E-state index contributed by atoms with van der Waals surface area (Å²) in [6, 6.07) is 0. The number of rotatable bonds is 3. The summed E-state index contributed by atoms with van der Waals surface area (Å²) in [6.07, 6.45) is -1.17. The van der Waals surface area contributed by atoms with Gasteiger partial charge in [-0.1, -0.05) is 0 Å². The zero-order valence-electron chi connectivity index (χ0n) is 7.60. The molecule has 0 unspecified atom stereocenters. The Bertz CT molecular complexity index is 266. The summed E-state index contributed by atoms with van der Waals surface area (Å²) in [7, 11) is -0.648. The fraction of sp³-hybridized carbons (Fsp3) is 1.00. The van der Waals surface area contributed by atoms with Crippen molar-refractivity contribution in [2.24, 2.45) is 0 Å². The van der Waals surface area contributed by atoms with Crippen LogP contribution in [0.25, 0.3) is 0 Å². The van der Waals surface area contributed by atoms with Gasteiger partial charge in [0.2, 0.25) is 0 Å². The normalized spacial score (nSPS) is 31.0. The van der Waals surface area contributed by atoms with Gasteiger partial charge in [-0.05, 0) is 0 Å². The van der Waals surface area contributed by atoms with Crippen LogP contribution in [0.2, 0.25) is 0 Å². The Morgan fingerprint density at radius 1 is 1.54 bits per heavy atom. The first-order valence-corrected chi connectivity index (χ1v) is 5.34. The van der Waals surface area contributed by atoms with Crippen LogP contribution in [0.1, 0.15) is 0 Å². The molecule has 2 atom stereocenters. The topological polar surface area (TPSA) is 78.9 Å². The molecule has 13 heavy (non-hydrogen) atoms. The maximum absolute atomic E-state index is 11.3. The largest absolute Gasteiger partial charge is 0.389 e. The minimum absolute atomic E-state index is 0.0850. The van der Waals surface area contributed by atoms with E-state index in [1.807, 2.05) is 0 Å². The number of methoxy groups -OCH3 is 1. The van der Waals surface area contributed by atoms with E-state index in [0.29, 0.717) is 0 Å². The van der Waals surface area contributed by atoms with Crippen molar-refractivity contribution in [1.29, 1.82) is 0 Å². The van der Waals surface area contributed by atoms with Gasteiger partial charge in [0.25, 0.3) is 10.2 Å². The minimum Gasteiger partial charge on any atom is -0.389 e. The second kappa shape index (κ2) is 3.89. The summed E-state index contributed by atoms with van der Waals surface area (Å²) in [5, 5.41) is 9.36. The molecule has 1 aliphatic rings. The van der Waals surface area contributed by atoms with Crippen LogP contribution in [-0.4, -0.2) is 57.3 Å². The summed E-state index contributed by atoms with van der Waals surface area (Å²) in [5.74, 6) is 0. The second-order valence-electron chi connectivity index (χ2n) is 2.87. The standard InChI is InChI=1S/C6H14N2O4S/c1-7-13(10,11)8-3-5(9)6(4-8)12-2/h5-7,9H,3-4H2,1-2H3/t5-,6-/m1/s1. The number of aliphatic hydroxyl groups excluding tert-OH is 1. The van der Waals surface area contributed by atoms with Crippen molar-refractivity contribution in [1.82, 2.24) is 9.03 Å². The maximum Gasteiger partial charge on any atom is 0.279 e. The predicted octanol–water partition coefficient (Wildman–Crippen LogP) is -1.86. The van der Waals surface area contributed by atoms with Crippen LogP contribution in [-0.2, 0) is 14.9 Å². The molecule has 1 fully saturated rings. The molecule has 7 heteroatoms. The quantitative estimate of drug-likeness (QED) is 0.572. The van der Waals surface area contributed by atoms with E-state index < -0.39 is 22.4 Å². The van der Waals surface area contributed by atoms with E-state index in [9.17, 15) is 13.5 Å². The summed E-state index contributed by atoms with van der Waals surface area (Å²) in [5.41, 5.74) is 0. The monoisotopic (exact) mass is 210 g/mol. The van der Waals surface area contributed by atoms with Gasteiger partial charge in [0.05, 0.1) is 12.2 Å². The summed E-state index contributed by atoms with van der Waals surface area (Å²) in [4.78, 5) is 0. The van der Waals surface area contributed by atoms with Crippen molar-refractivity contribution < 1.29 is 18.3 Å². The lowest BCUT2D eigenvalue weighted by Crippen LogP contribution is -2.38. The molecule has 0 aliphatic carbocycles. The summed E-state index contributed by atoms with van der Waals surface area (Å²) < 4.78 is 30.8. The maximum atomic E-state index is 11.3. The van der Waals surface area contributed by atoms with E-state index in [1.165, 1.54) is 14.2 Å². The molecule has 1 saturated heterocycles. The summed E-state index contributed by atoms with van der Waals surface area (Å²) >= 11 is 0. The molecule has 0 amide bonds. The van der Waals surface area contributed by atoms with E-state index in [1.54, 1.807) is 0 Å². The van der Waals surface area contributed by atoms with Crippen LogP contribution in [0, 0.1) is 0 Å². The number of nitrogens with zero attached hydrogens (tertiary/aromatic N) is 1. The molecule has 78 valence electrons. The average Bonchev–Trinajstić information content (AvgIpc) is 2.47. The van der Waals surface area contributed by atoms with Crippen molar-refractivity contribution in [2.75, 3.05) is 27.2 Å². The molecule has 0 spiro atoms. The Balaban J connectivity index is 2.68. The molecular weight excluding hydrogens is 196 g/mol. The Morgan fingerprint density at radius 2 is 2.15 bits per heavy atom. The number of nitrogens with one attached hydrogen (secondary N) is 1. The molecule has 0 bridgehead atoms. The van der Waals surface area contributed by atoms with Crippen molar-refractivity contribution in [2.45, 2.75) is 12.2 Å². The van der Waals surface area contributed by atoms with Gasteiger partial charge in [0.15, 0.2) is 0 Å². The molecule has 0 radical (unpaired) electrons. The molecule has 0 aromatic carbocycles. The van der Waals surface area contributed by atoms with Crippen LogP contribution in [0.4, 0.5) is 0 Å². The highest BCUT2D eigenvalue weighted by Gasteiger charge is 2.37. The lowest BCUT2D eigenvalue weighted by Gasteiger charge is -2.13. The van der Waals surface area contributed by atoms with Gasteiger partial charge in [-0.15, -0.1) is 0 Å². The highest BCUT2D eigenvalue weighted by molar-refractivity contribution is 7.87. The zero-order chi connectivity index (χ0) is 10.1. The third kappa shape index (κ3) is 2.18. The number of hydrogen-bond donors (Lipinski definition) is 2. The molecular formula is C6H14N2O4S. The Labute approximate surface area is 77.7 Å². The van der Waals surface area contributed by atoms with Crippen molar-refractivity contribution in [3.8, 4) is 0 Å². The van der Waals surface area contributed by atoms with E-state index in [2.05, 4.69) is 4.72 Å². The van der Waals surface area contributed by atoms with E-state index >= 15 is 0 Å². The van der Waals surface area contributed by atoms with Crippen LogP contribution in [0.5, 0.6) is 0 Å². The van der Waals surface area contributed by atoms with Crippen LogP contribution in [0.15, 0.2) is 0 Å². The first-order valence-electron chi connectivity index (χ1n) is 3.90. The minimum atomic E-state index is -3.43. The first-order chi connectivity index (χ1) is 6.01. The molecule has 1 aliphatic heterocycles. The van der Waals surface area contributed by atoms with Gasteiger partial charge in [-0.25, -0.2) is 4.72 Å². The molecule has 1 rings (SSSR count). The van der Waals surface area contributed by atoms with Crippen LogP contribution >= 0.6 is 0 Å². The Kier molecular flexibility index (Phi) is 3.25. The predicted molar refractivity (Wildman–Crippen MR) is 46.4 cm³/mol. The fourth-order valence-corrected chi connectivity index (χ4v) is 2.23. The van der Waals surface area contributed by atoms with Crippen molar-refractivity contribution in [3.63, 3.8) is 0 Å². The molecule has 0 saturated carbocycles. The van der Waals surface area contributed by atoms with Crippen LogP contribution in [0.3, 0.4) is 0 Å². The van der Waals surface area contributed by atoms with E-state index in [4.69, 9.17) is 4.74 Å². The SMILES string of the molecule is CNS(=O)(=O)N1C[C@@H](O)[C@H](OC)C1. The average molecular weight is 210 g/mol. The van der Waals surface area contributed by atoms with Crippen molar-refractivity contribution in [3.05, 3.63) is 0 Å². The fourth-order valence-electron chi connectivity index (χ4n) is 1.28. The lowest BCUT2D eigenvalue weighted by atomic mass is 10.3. The smallest absolute Gasteiger partial charge is 0.279 e. The summed E-state index contributed by atoms with van der Waals surface area (Å²) in [6.45, 7) is 0.280. The third-order valence-corrected chi connectivity index (χ3v) is 3.60. The second-order valence-corrected chi connectivity index (χ2v) is 4.74. The van der Waals surface area contributed by atoms with Gasteiger partial charge in [0, 0.05) is 27.2 Å². The number of ether oxygens (including phenoxy) is 1. The zero-order valence-corrected chi connectivity index (χ0v) is 8.41. The Morgan fingerprint density at radius 3 is 2.54 bits per heavy atom. The van der Waals surface area contributed by atoms with Crippen LogP contribution < -0.4 is 4.72 Å². The number of hydrogen-bond acceptors (Lipinski definition) is 4. The van der Waals surface area contributed by atoms with Gasteiger partial charge in [-0.2, -0.15) is 12.7 Å². The molecule has 1 heterocycles. The lowest BCUT2D eigenvalue weighted by molar-refractivity contribution is 0.0216. The van der Waals surface area contributed by atoms with Gasteiger partial charge >= 0.3 is 0 Å². The highest BCUT2D eigenvalue weighted by Crippen LogP contribution is 2.15. The van der Waals surface area contributed by atoms with Gasteiger partial charge < -0.3 is 9.84 Å². The number of aliphatic hydroxyl groups is 1. The molecule has 6 nitrogen and oxygen atoms in total. The van der Waals surface area contributed by atoms with Crippen molar-refractivity contribution >= 4 is 10.2 Å². The highest BCUT2D eigenvalue weighted by atomic mass is 32.2. The first kappa shape index (κ1) is 10.9. The van der Waals surface area contributed by atoms with Gasteiger partial charge in [-0.3, -0.25) is 0 Å². The third-order valence-electron chi connectivity index (χ3n) is 2.10. The molecule has 0 aromatic rings. The molecule has 0 aromatic heterocycles. The number of β-amino-alcohol motifs (C(OH)–C–C–N with tert-alkyl or cyclic N) is 1. The Hall–Kier alpha value is -0.210. The van der Waals surface area contributed by atoms with Gasteiger partial charge in [0.1, 0.15) is 0 Å².